The van der Waals surface area contributed by atoms with Gasteiger partial charge in [0.2, 0.25) is 0 Å². The van der Waals surface area contributed by atoms with Crippen molar-refractivity contribution in [3.63, 3.8) is 0 Å². The summed E-state index contributed by atoms with van der Waals surface area (Å²) in [5.41, 5.74) is 5.17. The summed E-state index contributed by atoms with van der Waals surface area (Å²) in [5, 5.41) is 17.3. The smallest absolute Gasteiger partial charge is 0.165 e. The number of thiophene rings is 1. The third-order valence-corrected chi connectivity index (χ3v) is 13.4. The zero-order valence-corrected chi connectivity index (χ0v) is 32.5. The summed E-state index contributed by atoms with van der Waals surface area (Å²) < 4.78 is 2.42. The molecule has 0 aliphatic rings. The van der Waals surface area contributed by atoms with Crippen LogP contribution in [0.15, 0.2) is 188 Å². The first kappa shape index (κ1) is 32.5. The zero-order chi connectivity index (χ0) is 38.6. The van der Waals surface area contributed by atoms with E-state index < -0.39 is 0 Å². The van der Waals surface area contributed by atoms with Crippen LogP contribution in [0.4, 0.5) is 0 Å². The Hall–Kier alpha value is -7.53. The van der Waals surface area contributed by atoms with Crippen molar-refractivity contribution in [1.82, 2.24) is 15.0 Å². The van der Waals surface area contributed by atoms with Crippen LogP contribution in [0.5, 0.6) is 0 Å². The Morgan fingerprint density at radius 1 is 0.288 bits per heavy atom. The van der Waals surface area contributed by atoms with E-state index in [-0.39, 0.29) is 0 Å². The molecule has 3 nitrogen and oxygen atoms in total. The molecule has 4 heteroatoms. The quantitative estimate of drug-likeness (QED) is 0.168. The first-order valence-corrected chi connectivity index (χ1v) is 20.8. The first-order chi connectivity index (χ1) is 29.2. The van der Waals surface area contributed by atoms with Gasteiger partial charge in [-0.25, -0.2) is 15.0 Å². The second-order valence-electron chi connectivity index (χ2n) is 15.5. The van der Waals surface area contributed by atoms with Crippen LogP contribution in [0.25, 0.3) is 130 Å². The topological polar surface area (TPSA) is 38.7 Å². The Bertz CT molecular complexity index is 3840. The molecule has 0 N–H and O–H groups in total. The highest BCUT2D eigenvalue weighted by Gasteiger charge is 2.20. The molecule has 2 aromatic heterocycles. The summed E-state index contributed by atoms with van der Waals surface area (Å²) in [7, 11) is 0. The third-order valence-electron chi connectivity index (χ3n) is 12.2. The highest BCUT2D eigenvalue weighted by molar-refractivity contribution is 7.26. The summed E-state index contributed by atoms with van der Waals surface area (Å²) in [6, 6.07) is 68.1. The minimum atomic E-state index is 0.644. The molecule has 11 aromatic carbocycles. The molecule has 13 aromatic rings. The highest BCUT2D eigenvalue weighted by atomic mass is 32.1. The number of rotatable bonds is 4. The van der Waals surface area contributed by atoms with E-state index in [0.29, 0.717) is 17.5 Å². The molecule has 0 bridgehead atoms. The Balaban J connectivity index is 1.14. The van der Waals surface area contributed by atoms with Crippen LogP contribution in [0.2, 0.25) is 0 Å². The molecular weight excluding hydrogens is 735 g/mol. The van der Waals surface area contributed by atoms with Gasteiger partial charge in [-0.05, 0) is 106 Å². The van der Waals surface area contributed by atoms with E-state index >= 15 is 0 Å². The van der Waals surface area contributed by atoms with Gasteiger partial charge in [-0.1, -0.05) is 158 Å². The third kappa shape index (κ3) is 4.91. The van der Waals surface area contributed by atoms with Crippen LogP contribution in [0.1, 0.15) is 0 Å². The summed E-state index contributed by atoms with van der Waals surface area (Å²) >= 11 is 1.79. The van der Waals surface area contributed by atoms with Crippen LogP contribution in [-0.4, -0.2) is 15.0 Å². The van der Waals surface area contributed by atoms with Gasteiger partial charge in [0.05, 0.1) is 0 Å². The molecule has 0 atom stereocenters. The summed E-state index contributed by atoms with van der Waals surface area (Å²) in [6.45, 7) is 0. The average molecular weight is 766 g/mol. The standard InChI is InChI=1S/C55H31N3S/c1-2-11-32(12-3-1)36-16-6-17-38(29-36)53-56-54(58-55(57-53)45-23-10-22-44-40-18-4-5-24-47(40)59-52(44)45)39-30-37-28-27-35-14-8-20-42-41-19-7-13-33-25-26-34-15-9-21-43(50(34)48(33)41)46(31-39)51(37)49(35)42/h1-31H. The minimum absolute atomic E-state index is 0.644. The maximum absolute atomic E-state index is 5.41. The number of aromatic nitrogens is 3. The van der Waals surface area contributed by atoms with Crippen molar-refractivity contribution < 1.29 is 0 Å². The van der Waals surface area contributed by atoms with Crippen LogP contribution in [0, 0.1) is 0 Å². The molecule has 0 saturated carbocycles. The fourth-order valence-corrected chi connectivity index (χ4v) is 10.8. The van der Waals surface area contributed by atoms with Gasteiger partial charge < -0.3 is 0 Å². The van der Waals surface area contributed by atoms with Crippen molar-refractivity contribution in [2.24, 2.45) is 0 Å². The number of benzene rings is 10. The Kier molecular flexibility index (Phi) is 6.89. The van der Waals surface area contributed by atoms with Gasteiger partial charge in [-0.2, -0.15) is 0 Å². The molecule has 0 spiro atoms. The maximum Gasteiger partial charge on any atom is 0.165 e. The lowest BCUT2D eigenvalue weighted by atomic mass is 9.87. The van der Waals surface area contributed by atoms with Gasteiger partial charge in [0, 0.05) is 36.9 Å². The van der Waals surface area contributed by atoms with Crippen molar-refractivity contribution in [1.29, 1.82) is 0 Å². The van der Waals surface area contributed by atoms with Crippen LogP contribution >= 0.6 is 11.3 Å². The van der Waals surface area contributed by atoms with Gasteiger partial charge in [0.1, 0.15) is 0 Å². The summed E-state index contributed by atoms with van der Waals surface area (Å²) in [6.07, 6.45) is 0. The second-order valence-corrected chi connectivity index (χ2v) is 16.5. The molecule has 0 unspecified atom stereocenters. The number of hydrogen-bond donors (Lipinski definition) is 0. The largest absolute Gasteiger partial charge is 0.208 e. The molecule has 0 amide bonds. The van der Waals surface area contributed by atoms with Crippen LogP contribution in [-0.2, 0) is 0 Å². The van der Waals surface area contributed by atoms with E-state index in [1.165, 1.54) is 79.4 Å². The molecule has 0 radical (unpaired) electrons. The van der Waals surface area contributed by atoms with E-state index in [4.69, 9.17) is 15.0 Å². The fraction of sp³-hybridized carbons (Fsp3) is 0. The second kappa shape index (κ2) is 12.5. The maximum atomic E-state index is 5.41. The Morgan fingerprint density at radius 3 is 1.53 bits per heavy atom. The molecule has 0 aliphatic heterocycles. The van der Waals surface area contributed by atoms with Gasteiger partial charge in [-0.15, -0.1) is 11.3 Å². The van der Waals surface area contributed by atoms with E-state index in [9.17, 15) is 0 Å². The van der Waals surface area contributed by atoms with Crippen molar-refractivity contribution >= 4 is 96.1 Å². The van der Waals surface area contributed by atoms with E-state index in [1.54, 1.807) is 11.3 Å². The Morgan fingerprint density at radius 2 is 0.797 bits per heavy atom. The van der Waals surface area contributed by atoms with Gasteiger partial charge >= 0.3 is 0 Å². The van der Waals surface area contributed by atoms with Crippen molar-refractivity contribution in [3.8, 4) is 45.3 Å². The van der Waals surface area contributed by atoms with Crippen molar-refractivity contribution in [2.45, 2.75) is 0 Å². The van der Waals surface area contributed by atoms with Crippen LogP contribution in [0.3, 0.4) is 0 Å². The predicted octanol–water partition coefficient (Wildman–Crippen LogP) is 15.3. The summed E-state index contributed by atoms with van der Waals surface area (Å²) in [5.74, 6) is 1.95. The van der Waals surface area contributed by atoms with Crippen molar-refractivity contribution in [3.05, 3.63) is 188 Å². The molecule has 0 saturated heterocycles. The predicted molar refractivity (Wildman–Crippen MR) is 251 cm³/mol. The minimum Gasteiger partial charge on any atom is -0.208 e. The SMILES string of the molecule is c1ccc(-c2cccc(-c3nc(-c4cc5ccc6cccc7c8cccc9ccc%10cccc(c(c4)c5c67)c%10c98)nc(-c4cccc5c4sc4ccccc45)n3)c2)cc1. The molecule has 13 rings (SSSR count). The van der Waals surface area contributed by atoms with Crippen molar-refractivity contribution in [2.75, 3.05) is 0 Å². The van der Waals surface area contributed by atoms with Gasteiger partial charge in [-0.3, -0.25) is 0 Å². The van der Waals surface area contributed by atoms with E-state index in [0.717, 1.165) is 33.2 Å². The number of fused-ring (bicyclic) bond motifs is 5. The molecule has 2 heterocycles. The van der Waals surface area contributed by atoms with E-state index in [2.05, 4.69) is 188 Å². The average Bonchev–Trinajstić information content (AvgIpc) is 3.69. The number of hydrogen-bond acceptors (Lipinski definition) is 4. The lowest BCUT2D eigenvalue weighted by Crippen LogP contribution is -2.00. The molecule has 0 fully saturated rings. The highest BCUT2D eigenvalue weighted by Crippen LogP contribution is 2.45. The fourth-order valence-electron chi connectivity index (χ4n) is 9.56. The van der Waals surface area contributed by atoms with E-state index in [1.807, 2.05) is 0 Å². The lowest BCUT2D eigenvalue weighted by molar-refractivity contribution is 1.08. The summed E-state index contributed by atoms with van der Waals surface area (Å²) in [4.78, 5) is 16.1. The number of nitrogens with zero attached hydrogens (tertiary/aromatic N) is 3. The molecule has 272 valence electrons. The molecule has 0 aliphatic carbocycles. The van der Waals surface area contributed by atoms with Gasteiger partial charge in [0.25, 0.3) is 0 Å². The molecule has 59 heavy (non-hydrogen) atoms. The first-order valence-electron chi connectivity index (χ1n) is 20.0. The van der Waals surface area contributed by atoms with Gasteiger partial charge in [0.15, 0.2) is 17.5 Å². The zero-order valence-electron chi connectivity index (χ0n) is 31.6. The lowest BCUT2D eigenvalue weighted by Gasteiger charge is -2.17. The monoisotopic (exact) mass is 765 g/mol. The normalized spacial score (nSPS) is 12.1. The molecular formula is C55H31N3S. The Labute approximate surface area is 342 Å². The van der Waals surface area contributed by atoms with Crippen LogP contribution < -0.4 is 0 Å².